The minimum absolute atomic E-state index is 0.0244. The van der Waals surface area contributed by atoms with E-state index in [2.05, 4.69) is 21.0 Å². The number of hydrogen-bond donors (Lipinski definition) is 1. The maximum atomic E-state index is 5.82. The number of rotatable bonds is 4. The molecular formula is C12H14BrN3O. The maximum Gasteiger partial charge on any atom is 0.119 e. The molecule has 0 aliphatic heterocycles. The maximum absolute atomic E-state index is 5.82. The Morgan fingerprint density at radius 2 is 2.35 bits per heavy atom. The van der Waals surface area contributed by atoms with Crippen molar-refractivity contribution in [2.24, 2.45) is 5.73 Å². The van der Waals surface area contributed by atoms with Crippen LogP contribution in [0.3, 0.4) is 0 Å². The first kappa shape index (κ1) is 12.1. The van der Waals surface area contributed by atoms with Crippen LogP contribution in [-0.2, 0) is 0 Å². The van der Waals surface area contributed by atoms with Gasteiger partial charge < -0.3 is 10.5 Å². The molecule has 2 N–H and O–H groups in total. The molecule has 2 rings (SSSR count). The summed E-state index contributed by atoms with van der Waals surface area (Å²) in [6.45, 7) is 0.487. The van der Waals surface area contributed by atoms with Gasteiger partial charge in [-0.3, -0.25) is 4.68 Å². The van der Waals surface area contributed by atoms with Crippen molar-refractivity contribution in [3.05, 3.63) is 46.7 Å². The third-order valence-electron chi connectivity index (χ3n) is 2.59. The Balaban J connectivity index is 2.34. The van der Waals surface area contributed by atoms with Gasteiger partial charge in [0.1, 0.15) is 5.75 Å². The van der Waals surface area contributed by atoms with Gasteiger partial charge in [-0.15, -0.1) is 0 Å². The van der Waals surface area contributed by atoms with Crippen molar-refractivity contribution < 1.29 is 4.74 Å². The van der Waals surface area contributed by atoms with Gasteiger partial charge in [-0.25, -0.2) is 0 Å². The average Bonchev–Trinajstić information content (AvgIpc) is 2.77. The zero-order chi connectivity index (χ0) is 12.3. The van der Waals surface area contributed by atoms with Crippen LogP contribution in [0.5, 0.6) is 5.75 Å². The van der Waals surface area contributed by atoms with E-state index in [1.54, 1.807) is 13.3 Å². The number of ether oxygens (including phenoxy) is 1. The Morgan fingerprint density at radius 3 is 2.94 bits per heavy atom. The molecule has 4 nitrogen and oxygen atoms in total. The first-order valence-electron chi connectivity index (χ1n) is 5.28. The lowest BCUT2D eigenvalue weighted by Crippen LogP contribution is -2.20. The predicted octanol–water partition coefficient (Wildman–Crippen LogP) is 2.20. The molecule has 2 aromatic rings. The summed E-state index contributed by atoms with van der Waals surface area (Å²) in [5.41, 5.74) is 6.91. The molecule has 90 valence electrons. The van der Waals surface area contributed by atoms with Crippen LogP contribution in [0.2, 0.25) is 0 Å². The van der Waals surface area contributed by atoms with Crippen molar-refractivity contribution in [2.45, 2.75) is 6.04 Å². The van der Waals surface area contributed by atoms with Crippen LogP contribution in [-0.4, -0.2) is 23.4 Å². The molecule has 0 saturated heterocycles. The lowest BCUT2D eigenvalue weighted by atomic mass is 10.1. The highest BCUT2D eigenvalue weighted by atomic mass is 79.9. The third-order valence-corrected chi connectivity index (χ3v) is 3.00. The molecule has 17 heavy (non-hydrogen) atoms. The summed E-state index contributed by atoms with van der Waals surface area (Å²) in [5.74, 6) is 0.826. The average molecular weight is 296 g/mol. The third kappa shape index (κ3) is 2.68. The number of halogens is 1. The van der Waals surface area contributed by atoms with E-state index in [1.807, 2.05) is 35.1 Å². The molecule has 0 bridgehead atoms. The fraction of sp³-hybridized carbons (Fsp3) is 0.250. The van der Waals surface area contributed by atoms with Gasteiger partial charge in [-0.1, -0.05) is 12.1 Å². The van der Waals surface area contributed by atoms with Crippen molar-refractivity contribution in [1.82, 2.24) is 9.78 Å². The SMILES string of the molecule is COc1cccc(C(CN)n2cc(Br)cn2)c1. The van der Waals surface area contributed by atoms with Crippen LogP contribution in [0.25, 0.3) is 0 Å². The largest absolute Gasteiger partial charge is 0.497 e. The molecule has 1 aromatic heterocycles. The second kappa shape index (κ2) is 5.33. The minimum atomic E-state index is 0.0244. The number of nitrogens with zero attached hydrogens (tertiary/aromatic N) is 2. The molecule has 0 saturated carbocycles. The number of methoxy groups -OCH3 is 1. The summed E-state index contributed by atoms with van der Waals surface area (Å²) in [6, 6.07) is 7.89. The van der Waals surface area contributed by atoms with Gasteiger partial charge in [0, 0.05) is 12.7 Å². The van der Waals surface area contributed by atoms with Crippen molar-refractivity contribution >= 4 is 15.9 Å². The summed E-state index contributed by atoms with van der Waals surface area (Å²) in [5, 5.41) is 4.27. The lowest BCUT2D eigenvalue weighted by Gasteiger charge is -2.16. The van der Waals surface area contributed by atoms with E-state index in [0.29, 0.717) is 6.54 Å². The van der Waals surface area contributed by atoms with E-state index in [1.165, 1.54) is 0 Å². The molecule has 1 unspecified atom stereocenters. The Bertz CT molecular complexity index is 498. The Morgan fingerprint density at radius 1 is 1.53 bits per heavy atom. The first-order chi connectivity index (χ1) is 8.24. The number of benzene rings is 1. The molecule has 0 amide bonds. The fourth-order valence-corrected chi connectivity index (χ4v) is 2.03. The van der Waals surface area contributed by atoms with Crippen LogP contribution in [0, 0.1) is 0 Å². The molecular weight excluding hydrogens is 282 g/mol. The Labute approximate surface area is 109 Å². The zero-order valence-corrected chi connectivity index (χ0v) is 11.1. The van der Waals surface area contributed by atoms with Crippen LogP contribution in [0.15, 0.2) is 41.1 Å². The van der Waals surface area contributed by atoms with Crippen molar-refractivity contribution in [1.29, 1.82) is 0 Å². The van der Waals surface area contributed by atoms with Crippen molar-refractivity contribution in [2.75, 3.05) is 13.7 Å². The molecule has 1 heterocycles. The van der Waals surface area contributed by atoms with Gasteiger partial charge in [-0.05, 0) is 33.6 Å². The molecule has 0 aliphatic rings. The highest BCUT2D eigenvalue weighted by Crippen LogP contribution is 2.22. The molecule has 0 radical (unpaired) electrons. The molecule has 5 heteroatoms. The van der Waals surface area contributed by atoms with E-state index in [4.69, 9.17) is 10.5 Å². The van der Waals surface area contributed by atoms with E-state index in [0.717, 1.165) is 15.8 Å². The summed E-state index contributed by atoms with van der Waals surface area (Å²) < 4.78 is 8.00. The van der Waals surface area contributed by atoms with Crippen LogP contribution in [0.4, 0.5) is 0 Å². The zero-order valence-electron chi connectivity index (χ0n) is 9.51. The van der Waals surface area contributed by atoms with Gasteiger partial charge in [0.2, 0.25) is 0 Å². The van der Waals surface area contributed by atoms with Crippen LogP contribution >= 0.6 is 15.9 Å². The smallest absolute Gasteiger partial charge is 0.119 e. The van der Waals surface area contributed by atoms with Crippen LogP contribution in [0.1, 0.15) is 11.6 Å². The van der Waals surface area contributed by atoms with Gasteiger partial charge in [0.25, 0.3) is 0 Å². The number of hydrogen-bond acceptors (Lipinski definition) is 3. The molecule has 0 spiro atoms. The summed E-state index contributed by atoms with van der Waals surface area (Å²) in [4.78, 5) is 0. The van der Waals surface area contributed by atoms with Crippen LogP contribution < -0.4 is 10.5 Å². The number of aromatic nitrogens is 2. The monoisotopic (exact) mass is 295 g/mol. The van der Waals surface area contributed by atoms with Gasteiger partial charge in [-0.2, -0.15) is 5.10 Å². The second-order valence-corrected chi connectivity index (χ2v) is 4.58. The van der Waals surface area contributed by atoms with Crippen molar-refractivity contribution in [3.8, 4) is 5.75 Å². The minimum Gasteiger partial charge on any atom is -0.497 e. The van der Waals surface area contributed by atoms with Gasteiger partial charge in [0.05, 0.1) is 23.8 Å². The topological polar surface area (TPSA) is 53.1 Å². The molecule has 1 aromatic carbocycles. The Kier molecular flexibility index (Phi) is 3.81. The molecule has 0 aliphatic carbocycles. The fourth-order valence-electron chi connectivity index (χ4n) is 1.73. The van der Waals surface area contributed by atoms with E-state index in [9.17, 15) is 0 Å². The summed E-state index contributed by atoms with van der Waals surface area (Å²) in [7, 11) is 1.65. The quantitative estimate of drug-likeness (QED) is 0.941. The molecule has 0 fully saturated rings. The van der Waals surface area contributed by atoms with E-state index in [-0.39, 0.29) is 6.04 Å². The summed E-state index contributed by atoms with van der Waals surface area (Å²) in [6.07, 6.45) is 3.67. The van der Waals surface area contributed by atoms with Gasteiger partial charge in [0.15, 0.2) is 0 Å². The highest BCUT2D eigenvalue weighted by Gasteiger charge is 2.13. The van der Waals surface area contributed by atoms with E-state index >= 15 is 0 Å². The first-order valence-corrected chi connectivity index (χ1v) is 6.07. The standard InChI is InChI=1S/C12H14BrN3O/c1-17-11-4-2-3-9(5-11)12(6-14)16-8-10(13)7-15-16/h2-5,7-8,12H,6,14H2,1H3. The molecule has 1 atom stereocenters. The lowest BCUT2D eigenvalue weighted by molar-refractivity contribution is 0.412. The predicted molar refractivity (Wildman–Crippen MR) is 70.1 cm³/mol. The van der Waals surface area contributed by atoms with Crippen molar-refractivity contribution in [3.63, 3.8) is 0 Å². The normalized spacial score (nSPS) is 12.4. The Hall–Kier alpha value is -1.33. The summed E-state index contributed by atoms with van der Waals surface area (Å²) >= 11 is 3.38. The number of nitrogens with two attached hydrogens (primary N) is 1. The van der Waals surface area contributed by atoms with Gasteiger partial charge >= 0.3 is 0 Å². The highest BCUT2D eigenvalue weighted by molar-refractivity contribution is 9.10. The second-order valence-electron chi connectivity index (χ2n) is 3.67. The van der Waals surface area contributed by atoms with E-state index < -0.39 is 0 Å².